The Morgan fingerprint density at radius 1 is 1.46 bits per heavy atom. The van der Waals surface area contributed by atoms with Crippen molar-refractivity contribution in [2.24, 2.45) is 11.3 Å². The number of carbonyl (C=O) groups excluding carboxylic acids is 1. The Hall–Kier alpha value is -2.41. The summed E-state index contributed by atoms with van der Waals surface area (Å²) in [6.45, 7) is 0.652. The van der Waals surface area contributed by atoms with Crippen LogP contribution in [0.25, 0.3) is 0 Å². The molecule has 2 fully saturated rings. The van der Waals surface area contributed by atoms with Gasteiger partial charge >= 0.3 is 0 Å². The Morgan fingerprint density at radius 2 is 2.27 bits per heavy atom. The zero-order valence-electron chi connectivity index (χ0n) is 14.8. The summed E-state index contributed by atoms with van der Waals surface area (Å²) in [6.07, 6.45) is 10.0. The summed E-state index contributed by atoms with van der Waals surface area (Å²) in [7, 11) is 1.58. The second-order valence-corrected chi connectivity index (χ2v) is 7.49. The molecule has 2 N–H and O–H groups in total. The average molecular weight is 356 g/mol. The molecular formula is C19H24N4O3. The highest BCUT2D eigenvalue weighted by atomic mass is 16.5. The number of nitrogens with one attached hydrogen (secondary N) is 1. The number of hydrogen-bond donors (Lipinski definition) is 2. The van der Waals surface area contributed by atoms with Gasteiger partial charge in [-0.1, -0.05) is 6.07 Å². The molecule has 7 nitrogen and oxygen atoms in total. The first kappa shape index (κ1) is 17.0. The van der Waals surface area contributed by atoms with E-state index < -0.39 is 0 Å². The third-order valence-electron chi connectivity index (χ3n) is 5.61. The van der Waals surface area contributed by atoms with Gasteiger partial charge in [0.25, 0.3) is 0 Å². The maximum Gasteiger partial charge on any atom is 0.228 e. The van der Waals surface area contributed by atoms with Crippen LogP contribution in [0.4, 0.5) is 0 Å². The van der Waals surface area contributed by atoms with Gasteiger partial charge in [-0.3, -0.25) is 4.79 Å². The first-order valence-corrected chi connectivity index (χ1v) is 9.04. The molecule has 0 bridgehead atoms. The second-order valence-electron chi connectivity index (χ2n) is 7.49. The van der Waals surface area contributed by atoms with Crippen molar-refractivity contribution in [1.82, 2.24) is 19.9 Å². The summed E-state index contributed by atoms with van der Waals surface area (Å²) in [6, 6.07) is 3.61. The summed E-state index contributed by atoms with van der Waals surface area (Å²) >= 11 is 0. The minimum absolute atomic E-state index is 0.0772. The van der Waals surface area contributed by atoms with E-state index in [1.165, 1.54) is 0 Å². The number of aromatic nitrogens is 3. The number of nitrogens with zero attached hydrogens (tertiary/aromatic N) is 3. The lowest BCUT2D eigenvalue weighted by atomic mass is 9.75. The van der Waals surface area contributed by atoms with E-state index in [0.717, 1.165) is 18.4 Å². The van der Waals surface area contributed by atoms with Crippen LogP contribution in [-0.4, -0.2) is 38.8 Å². The molecule has 0 unspecified atom stereocenters. The molecule has 0 spiro atoms. The lowest BCUT2D eigenvalue weighted by Gasteiger charge is -2.38. The lowest BCUT2D eigenvalue weighted by Crippen LogP contribution is -2.44. The van der Waals surface area contributed by atoms with Gasteiger partial charge in [0.1, 0.15) is 0 Å². The highest BCUT2D eigenvalue weighted by Gasteiger charge is 2.51. The quantitative estimate of drug-likeness (QED) is 0.788. The SMILES string of the molecule is COc1ccc([C@H](NC(=O)C2(Cn3ccnc3)CC2)C2CC(O)C2)cn1. The highest BCUT2D eigenvalue weighted by Crippen LogP contribution is 2.48. The fourth-order valence-electron chi connectivity index (χ4n) is 3.70. The summed E-state index contributed by atoms with van der Waals surface area (Å²) < 4.78 is 7.09. The van der Waals surface area contributed by atoms with Crippen LogP contribution in [0.5, 0.6) is 5.88 Å². The molecule has 7 heteroatoms. The van der Waals surface area contributed by atoms with E-state index in [1.54, 1.807) is 25.8 Å². The van der Waals surface area contributed by atoms with Gasteiger partial charge in [0.2, 0.25) is 11.8 Å². The zero-order valence-corrected chi connectivity index (χ0v) is 14.8. The third-order valence-corrected chi connectivity index (χ3v) is 5.61. The van der Waals surface area contributed by atoms with Gasteiger partial charge in [0, 0.05) is 31.2 Å². The van der Waals surface area contributed by atoms with Crippen molar-refractivity contribution in [3.8, 4) is 5.88 Å². The molecule has 2 saturated carbocycles. The van der Waals surface area contributed by atoms with Crippen LogP contribution in [0.1, 0.15) is 37.3 Å². The van der Waals surface area contributed by atoms with Gasteiger partial charge < -0.3 is 19.7 Å². The Kier molecular flexibility index (Phi) is 4.40. The number of imidazole rings is 1. The highest BCUT2D eigenvalue weighted by molar-refractivity contribution is 5.85. The number of amides is 1. The first-order chi connectivity index (χ1) is 12.6. The van der Waals surface area contributed by atoms with E-state index in [-0.39, 0.29) is 29.4 Å². The van der Waals surface area contributed by atoms with Crippen LogP contribution in [-0.2, 0) is 11.3 Å². The van der Waals surface area contributed by atoms with Crippen LogP contribution in [0.3, 0.4) is 0 Å². The smallest absolute Gasteiger partial charge is 0.228 e. The van der Waals surface area contributed by atoms with E-state index in [0.29, 0.717) is 25.3 Å². The number of pyridine rings is 1. The maximum atomic E-state index is 13.0. The lowest BCUT2D eigenvalue weighted by molar-refractivity contribution is -0.128. The molecule has 2 aromatic heterocycles. The van der Waals surface area contributed by atoms with Crippen molar-refractivity contribution in [2.75, 3.05) is 7.11 Å². The fourth-order valence-corrected chi connectivity index (χ4v) is 3.70. The molecule has 4 rings (SSSR count). The number of methoxy groups -OCH3 is 1. The molecule has 26 heavy (non-hydrogen) atoms. The predicted octanol–water partition coefficient (Wildman–Crippen LogP) is 1.70. The van der Waals surface area contributed by atoms with E-state index in [2.05, 4.69) is 15.3 Å². The monoisotopic (exact) mass is 356 g/mol. The molecule has 0 saturated heterocycles. The van der Waals surface area contributed by atoms with Crippen LogP contribution < -0.4 is 10.1 Å². The van der Waals surface area contributed by atoms with Crippen molar-refractivity contribution in [2.45, 2.75) is 44.4 Å². The Labute approximate surface area is 152 Å². The van der Waals surface area contributed by atoms with Crippen molar-refractivity contribution in [1.29, 1.82) is 0 Å². The Balaban J connectivity index is 1.50. The summed E-state index contributed by atoms with van der Waals surface area (Å²) in [4.78, 5) is 21.4. The van der Waals surface area contributed by atoms with Gasteiger partial charge in [0.05, 0.1) is 31.0 Å². The molecule has 1 atom stereocenters. The molecule has 0 radical (unpaired) electrons. The largest absolute Gasteiger partial charge is 0.481 e. The van der Waals surface area contributed by atoms with Crippen LogP contribution in [0, 0.1) is 11.3 Å². The molecule has 0 aromatic carbocycles. The van der Waals surface area contributed by atoms with Crippen molar-refractivity contribution < 1.29 is 14.6 Å². The van der Waals surface area contributed by atoms with Crippen molar-refractivity contribution in [3.63, 3.8) is 0 Å². The van der Waals surface area contributed by atoms with Crippen molar-refractivity contribution in [3.05, 3.63) is 42.6 Å². The van der Waals surface area contributed by atoms with Gasteiger partial charge in [0.15, 0.2) is 0 Å². The van der Waals surface area contributed by atoms with Gasteiger partial charge in [-0.05, 0) is 37.2 Å². The van der Waals surface area contributed by atoms with Gasteiger partial charge in [-0.2, -0.15) is 0 Å². The molecule has 138 valence electrons. The van der Waals surface area contributed by atoms with Crippen molar-refractivity contribution >= 4 is 5.91 Å². The summed E-state index contributed by atoms with van der Waals surface area (Å²) in [5.41, 5.74) is 0.607. The molecule has 1 amide bonds. The molecule has 0 aliphatic heterocycles. The topological polar surface area (TPSA) is 89.3 Å². The second kappa shape index (κ2) is 6.72. The zero-order chi connectivity index (χ0) is 18.1. The fraction of sp³-hybridized carbons (Fsp3) is 0.526. The minimum Gasteiger partial charge on any atom is -0.481 e. The number of carbonyl (C=O) groups is 1. The predicted molar refractivity (Wildman–Crippen MR) is 94.3 cm³/mol. The number of rotatable bonds is 7. The third kappa shape index (κ3) is 3.31. The van der Waals surface area contributed by atoms with E-state index >= 15 is 0 Å². The molecular weight excluding hydrogens is 332 g/mol. The summed E-state index contributed by atoms with van der Waals surface area (Å²) in [5, 5.41) is 13.0. The van der Waals surface area contributed by atoms with E-state index in [4.69, 9.17) is 4.74 Å². The number of aliphatic hydroxyl groups is 1. The number of aliphatic hydroxyl groups excluding tert-OH is 1. The number of hydrogen-bond acceptors (Lipinski definition) is 5. The van der Waals surface area contributed by atoms with E-state index in [9.17, 15) is 9.90 Å². The average Bonchev–Trinajstić information content (AvgIpc) is 3.23. The Morgan fingerprint density at radius 3 is 2.81 bits per heavy atom. The first-order valence-electron chi connectivity index (χ1n) is 9.04. The van der Waals surface area contributed by atoms with Crippen LogP contribution in [0.2, 0.25) is 0 Å². The standard InChI is InChI=1S/C19H24N4O3/c1-26-16-3-2-13(10-21-16)17(14-8-15(24)9-14)22-18(25)19(4-5-19)11-23-7-6-20-12-23/h2-3,6-7,10,12,14-15,17,24H,4-5,8-9,11H2,1H3,(H,22,25)/t14?,15?,17-/m0/s1. The van der Waals surface area contributed by atoms with E-state index in [1.807, 2.05) is 22.9 Å². The molecule has 2 heterocycles. The number of ether oxygens (including phenoxy) is 1. The van der Waals surface area contributed by atoms with Crippen LogP contribution >= 0.6 is 0 Å². The maximum absolute atomic E-state index is 13.0. The summed E-state index contributed by atoms with van der Waals surface area (Å²) in [5.74, 6) is 0.854. The van der Waals surface area contributed by atoms with Gasteiger partial charge in [-0.15, -0.1) is 0 Å². The molecule has 2 aliphatic carbocycles. The molecule has 2 aromatic rings. The Bertz CT molecular complexity index is 750. The van der Waals surface area contributed by atoms with Crippen LogP contribution in [0.15, 0.2) is 37.1 Å². The minimum atomic E-state index is -0.346. The van der Waals surface area contributed by atoms with Gasteiger partial charge in [-0.25, -0.2) is 9.97 Å². The molecule has 2 aliphatic rings. The normalized spacial score (nSPS) is 24.4.